The smallest absolute Gasteiger partial charge is 0.121 e. The Morgan fingerprint density at radius 1 is 0.682 bits per heavy atom. The molecule has 0 aromatic rings. The fourth-order valence-corrected chi connectivity index (χ4v) is 6.96. The lowest BCUT2D eigenvalue weighted by Gasteiger charge is -2.46. The third-order valence-electron chi connectivity index (χ3n) is 9.74. The molecule has 44 heavy (non-hydrogen) atoms. The van der Waals surface area contributed by atoms with Gasteiger partial charge in [-0.2, -0.15) is 0 Å². The molecule has 240 valence electrons. The zero-order valence-electron chi connectivity index (χ0n) is 28.7. The molecule has 0 radical (unpaired) electrons. The minimum absolute atomic E-state index is 0.104. The first-order valence-electron chi connectivity index (χ1n) is 15.9. The molecule has 1 aliphatic heterocycles. The molecule has 5 atom stereocenters. The molecule has 3 aliphatic rings. The molecule has 0 spiro atoms. The first-order chi connectivity index (χ1) is 20.4. The summed E-state index contributed by atoms with van der Waals surface area (Å²) in [6.07, 6.45) is 31.7. The number of rotatable bonds is 10. The minimum Gasteiger partial charge on any atom is -0.393 e. The van der Waals surface area contributed by atoms with Crippen molar-refractivity contribution in [3.63, 3.8) is 0 Å². The Kier molecular flexibility index (Phi) is 11.1. The Morgan fingerprint density at radius 2 is 1.16 bits per heavy atom. The molecule has 1 saturated carbocycles. The predicted octanol–water partition coefficient (Wildman–Crippen LogP) is 8.73. The number of allylic oxidation sites excluding steroid dienone is 16. The van der Waals surface area contributed by atoms with Crippen molar-refractivity contribution >= 4 is 0 Å². The molecule has 2 aliphatic carbocycles. The van der Waals surface area contributed by atoms with Crippen LogP contribution in [0.1, 0.15) is 88.5 Å². The molecule has 4 heteroatoms. The molecule has 0 bridgehead atoms. The van der Waals surface area contributed by atoms with Gasteiger partial charge in [-0.05, 0) is 72.1 Å². The Bertz CT molecular complexity index is 1370. The number of aliphatic hydroxyl groups is 3. The summed E-state index contributed by atoms with van der Waals surface area (Å²) in [7, 11) is 0. The topological polar surface area (TPSA) is 73.2 Å². The lowest BCUT2D eigenvalue weighted by molar-refractivity contribution is -0.0292. The molecule has 0 aromatic carbocycles. The van der Waals surface area contributed by atoms with Crippen LogP contribution in [-0.4, -0.2) is 44.3 Å². The zero-order chi connectivity index (χ0) is 33.0. The first-order valence-corrected chi connectivity index (χ1v) is 15.9. The van der Waals surface area contributed by atoms with Gasteiger partial charge in [0.1, 0.15) is 16.8 Å². The first kappa shape index (κ1) is 35.7. The number of aliphatic hydroxyl groups excluding tert-OH is 2. The van der Waals surface area contributed by atoms with Crippen LogP contribution in [0.4, 0.5) is 0 Å². The summed E-state index contributed by atoms with van der Waals surface area (Å²) in [6.45, 7) is 20.6. The summed E-state index contributed by atoms with van der Waals surface area (Å²) < 4.78 is 6.24. The van der Waals surface area contributed by atoms with Gasteiger partial charge in [-0.3, -0.25) is 0 Å². The fraction of sp³-hybridized carbons (Fsp3) is 0.500. The van der Waals surface area contributed by atoms with Gasteiger partial charge < -0.3 is 20.1 Å². The predicted molar refractivity (Wildman–Crippen MR) is 185 cm³/mol. The fourth-order valence-electron chi connectivity index (χ4n) is 6.96. The van der Waals surface area contributed by atoms with Crippen LogP contribution < -0.4 is 0 Å². The second-order valence-corrected chi connectivity index (χ2v) is 14.7. The molecular weight excluding hydrogens is 544 g/mol. The second kappa shape index (κ2) is 13.7. The summed E-state index contributed by atoms with van der Waals surface area (Å²) in [4.78, 5) is 0. The van der Waals surface area contributed by atoms with Crippen LogP contribution in [0.25, 0.3) is 0 Å². The van der Waals surface area contributed by atoms with Crippen LogP contribution in [0, 0.1) is 10.8 Å². The molecule has 5 unspecified atom stereocenters. The number of ether oxygens (including phenoxy) is 1. The molecule has 0 amide bonds. The third kappa shape index (κ3) is 8.09. The van der Waals surface area contributed by atoms with Gasteiger partial charge in [0, 0.05) is 17.3 Å². The van der Waals surface area contributed by atoms with Gasteiger partial charge in [0.2, 0.25) is 0 Å². The average Bonchev–Trinajstić information content (AvgIpc) is 3.52. The van der Waals surface area contributed by atoms with E-state index >= 15 is 0 Å². The highest BCUT2D eigenvalue weighted by molar-refractivity contribution is 5.38. The van der Waals surface area contributed by atoms with Gasteiger partial charge in [0.25, 0.3) is 0 Å². The normalized spacial score (nSPS) is 35.0. The molecule has 2 fully saturated rings. The van der Waals surface area contributed by atoms with E-state index in [2.05, 4.69) is 90.2 Å². The molecule has 1 saturated heterocycles. The van der Waals surface area contributed by atoms with Crippen LogP contribution >= 0.6 is 0 Å². The highest BCUT2D eigenvalue weighted by atomic mass is 16.6. The van der Waals surface area contributed by atoms with E-state index in [1.807, 2.05) is 64.2 Å². The molecule has 3 N–H and O–H groups in total. The van der Waals surface area contributed by atoms with Crippen LogP contribution in [0.3, 0.4) is 0 Å². The number of epoxide rings is 1. The third-order valence-corrected chi connectivity index (χ3v) is 9.74. The summed E-state index contributed by atoms with van der Waals surface area (Å²) in [6, 6.07) is 0. The van der Waals surface area contributed by atoms with Gasteiger partial charge in [0.05, 0.1) is 12.2 Å². The second-order valence-electron chi connectivity index (χ2n) is 14.7. The standard InChI is InChI=1S/C40H56O4/c1-29(17-13-19-31(3)21-23-39(43)33(5)25-34(41)26-36(39,6)7)15-11-12-16-30(2)18-14-20-32(4)22-24-40-37(8,9)27-35(42)28-38(40,10)44-40/h11-25,34-35,41-43H,26-28H2,1-10H3/b12-11+,17-13+,18-14+,23-21+,24-22+,29-15+,30-16+,31-19+,32-20+. The summed E-state index contributed by atoms with van der Waals surface area (Å²) in [5.41, 5.74) is 3.05. The monoisotopic (exact) mass is 600 g/mol. The van der Waals surface area contributed by atoms with Crippen molar-refractivity contribution in [2.45, 2.75) is 118 Å². The van der Waals surface area contributed by atoms with E-state index in [1.165, 1.54) is 0 Å². The maximum absolute atomic E-state index is 11.3. The molecular formula is C40H56O4. The summed E-state index contributed by atoms with van der Waals surface area (Å²) in [5, 5.41) is 31.7. The largest absolute Gasteiger partial charge is 0.393 e. The summed E-state index contributed by atoms with van der Waals surface area (Å²) >= 11 is 0. The molecule has 3 rings (SSSR count). The van der Waals surface area contributed by atoms with Gasteiger partial charge in [-0.1, -0.05) is 129 Å². The van der Waals surface area contributed by atoms with E-state index in [4.69, 9.17) is 4.74 Å². The molecule has 4 nitrogen and oxygen atoms in total. The van der Waals surface area contributed by atoms with Crippen LogP contribution in [0.15, 0.2) is 119 Å². The van der Waals surface area contributed by atoms with Crippen LogP contribution in [0.2, 0.25) is 0 Å². The molecule has 1 heterocycles. The maximum atomic E-state index is 11.3. The van der Waals surface area contributed by atoms with E-state index < -0.39 is 17.1 Å². The Labute approximate surface area is 267 Å². The van der Waals surface area contributed by atoms with Crippen LogP contribution in [-0.2, 0) is 4.74 Å². The van der Waals surface area contributed by atoms with Crippen molar-refractivity contribution in [3.8, 4) is 0 Å². The van der Waals surface area contributed by atoms with Crippen molar-refractivity contribution < 1.29 is 20.1 Å². The van der Waals surface area contributed by atoms with E-state index in [-0.39, 0.29) is 22.7 Å². The van der Waals surface area contributed by atoms with Gasteiger partial charge in [-0.25, -0.2) is 0 Å². The van der Waals surface area contributed by atoms with E-state index in [1.54, 1.807) is 6.08 Å². The van der Waals surface area contributed by atoms with Crippen molar-refractivity contribution in [3.05, 3.63) is 119 Å². The van der Waals surface area contributed by atoms with Crippen molar-refractivity contribution in [1.82, 2.24) is 0 Å². The number of fused-ring (bicyclic) bond motifs is 1. The van der Waals surface area contributed by atoms with E-state index in [0.29, 0.717) is 12.8 Å². The van der Waals surface area contributed by atoms with Gasteiger partial charge >= 0.3 is 0 Å². The van der Waals surface area contributed by atoms with Crippen molar-refractivity contribution in [2.75, 3.05) is 0 Å². The van der Waals surface area contributed by atoms with E-state index in [0.717, 1.165) is 34.3 Å². The Balaban J connectivity index is 1.51. The van der Waals surface area contributed by atoms with Crippen LogP contribution in [0.5, 0.6) is 0 Å². The zero-order valence-corrected chi connectivity index (χ0v) is 28.7. The Hall–Kier alpha value is -2.76. The molecule has 0 aromatic heterocycles. The SMILES string of the molecule is CC1=CC(O)CC(C)(C)C1(O)/C=C/C(C)=C/C=C/C(C)=C/C=C/C=C(C)/C=C/C=C(C)/C=C/C12OC1(C)CC(O)CC2(C)C. The highest BCUT2D eigenvalue weighted by Gasteiger charge is 2.74. The highest BCUT2D eigenvalue weighted by Crippen LogP contribution is 2.66. The van der Waals surface area contributed by atoms with E-state index in [9.17, 15) is 15.3 Å². The van der Waals surface area contributed by atoms with Crippen molar-refractivity contribution in [2.24, 2.45) is 10.8 Å². The van der Waals surface area contributed by atoms with Gasteiger partial charge in [-0.15, -0.1) is 0 Å². The lowest BCUT2D eigenvalue weighted by atomic mass is 9.63. The maximum Gasteiger partial charge on any atom is 0.121 e. The average molecular weight is 601 g/mol. The Morgan fingerprint density at radius 3 is 1.66 bits per heavy atom. The quantitative estimate of drug-likeness (QED) is 0.133. The minimum atomic E-state index is -1.08. The lowest BCUT2D eigenvalue weighted by Crippen LogP contribution is -2.48. The number of hydrogen-bond acceptors (Lipinski definition) is 4. The van der Waals surface area contributed by atoms with Gasteiger partial charge in [0.15, 0.2) is 0 Å². The van der Waals surface area contributed by atoms with Crippen molar-refractivity contribution in [1.29, 1.82) is 0 Å². The number of hydrogen-bond donors (Lipinski definition) is 3. The summed E-state index contributed by atoms with van der Waals surface area (Å²) in [5.74, 6) is 0.